The molecule has 2 N–H and O–H groups in total. The number of hydrogen-bond donors (Lipinski definition) is 1. The fourth-order valence-corrected chi connectivity index (χ4v) is 3.31. The Balaban J connectivity index is 2.07. The first-order valence-corrected chi connectivity index (χ1v) is 8.84. The number of primary amides is 1. The zero-order chi connectivity index (χ0) is 17.7. The Morgan fingerprint density at radius 1 is 1.25 bits per heavy atom. The zero-order valence-electron chi connectivity index (χ0n) is 14.2. The van der Waals surface area contributed by atoms with Gasteiger partial charge in [-0.15, -0.1) is 10.2 Å². The third-order valence-electron chi connectivity index (χ3n) is 3.73. The summed E-state index contributed by atoms with van der Waals surface area (Å²) in [6.45, 7) is 6.57. The summed E-state index contributed by atoms with van der Waals surface area (Å²) in [5.74, 6) is 0.738. The molecule has 1 aromatic heterocycles. The van der Waals surface area contributed by atoms with E-state index in [0.717, 1.165) is 22.5 Å². The molecule has 0 aliphatic rings. The van der Waals surface area contributed by atoms with Crippen molar-refractivity contribution in [2.45, 2.75) is 45.3 Å². The second-order valence-electron chi connectivity index (χ2n) is 5.64. The minimum Gasteiger partial charge on any atom is -0.370 e. The molecule has 0 atom stereocenters. The van der Waals surface area contributed by atoms with E-state index in [1.807, 2.05) is 43.5 Å². The summed E-state index contributed by atoms with van der Waals surface area (Å²) in [6, 6.07) is 5.88. The van der Waals surface area contributed by atoms with Crippen molar-refractivity contribution in [2.24, 2.45) is 5.73 Å². The number of nitrogens with two attached hydrogens (primary N) is 1. The van der Waals surface area contributed by atoms with Crippen LogP contribution in [0.15, 0.2) is 23.4 Å². The van der Waals surface area contributed by atoms with Crippen LogP contribution in [0.5, 0.6) is 0 Å². The second kappa shape index (κ2) is 8.10. The molecular weight excluding hydrogens is 324 g/mol. The third-order valence-corrected chi connectivity index (χ3v) is 4.70. The fourth-order valence-electron chi connectivity index (χ4n) is 2.41. The molecule has 0 saturated heterocycles. The number of ketones is 1. The molecule has 0 aliphatic carbocycles. The Morgan fingerprint density at radius 2 is 2.00 bits per heavy atom. The van der Waals surface area contributed by atoms with Gasteiger partial charge >= 0.3 is 0 Å². The van der Waals surface area contributed by atoms with Crippen LogP contribution in [-0.2, 0) is 17.8 Å². The number of rotatable bonds is 8. The van der Waals surface area contributed by atoms with Gasteiger partial charge in [0, 0.05) is 24.9 Å². The van der Waals surface area contributed by atoms with Gasteiger partial charge in [-0.3, -0.25) is 9.59 Å². The van der Waals surface area contributed by atoms with Crippen molar-refractivity contribution in [2.75, 3.05) is 5.75 Å². The predicted molar refractivity (Wildman–Crippen MR) is 94.2 cm³/mol. The summed E-state index contributed by atoms with van der Waals surface area (Å²) in [6.07, 6.45) is 0.700. The highest BCUT2D eigenvalue weighted by Crippen LogP contribution is 2.21. The van der Waals surface area contributed by atoms with E-state index in [0.29, 0.717) is 23.9 Å². The van der Waals surface area contributed by atoms with E-state index >= 15 is 0 Å². The Bertz CT molecular complexity index is 755. The summed E-state index contributed by atoms with van der Waals surface area (Å²) in [7, 11) is 0. The van der Waals surface area contributed by atoms with Crippen molar-refractivity contribution in [3.05, 3.63) is 40.7 Å². The van der Waals surface area contributed by atoms with Crippen LogP contribution in [0, 0.1) is 13.8 Å². The molecule has 0 aliphatic heterocycles. The number of carbonyl (C=O) groups is 2. The topological polar surface area (TPSA) is 90.9 Å². The van der Waals surface area contributed by atoms with Crippen LogP contribution in [0.1, 0.15) is 40.7 Å². The van der Waals surface area contributed by atoms with Gasteiger partial charge in [-0.05, 0) is 32.4 Å². The lowest BCUT2D eigenvalue weighted by molar-refractivity contribution is -0.118. The van der Waals surface area contributed by atoms with Crippen molar-refractivity contribution in [1.82, 2.24) is 14.8 Å². The number of thioether (sulfide) groups is 1. The molecular formula is C17H22N4O2S. The normalized spacial score (nSPS) is 10.8. The second-order valence-corrected chi connectivity index (χ2v) is 6.58. The van der Waals surface area contributed by atoms with Crippen molar-refractivity contribution >= 4 is 23.5 Å². The maximum atomic E-state index is 12.5. The number of carbonyl (C=O) groups excluding carboxylic acids is 2. The molecule has 0 bridgehead atoms. The SMILES string of the molecule is CCn1c(CCC(N)=O)nnc1SCC(=O)c1cc(C)ccc1C. The fraction of sp³-hybridized carbons (Fsp3) is 0.412. The highest BCUT2D eigenvalue weighted by Gasteiger charge is 2.15. The van der Waals surface area contributed by atoms with Crippen molar-refractivity contribution < 1.29 is 9.59 Å². The molecule has 6 nitrogen and oxygen atoms in total. The smallest absolute Gasteiger partial charge is 0.217 e. The summed E-state index contributed by atoms with van der Waals surface area (Å²) in [5.41, 5.74) is 7.98. The highest BCUT2D eigenvalue weighted by molar-refractivity contribution is 7.99. The number of aromatic nitrogens is 3. The van der Waals surface area contributed by atoms with Gasteiger partial charge in [-0.1, -0.05) is 29.5 Å². The lowest BCUT2D eigenvalue weighted by Gasteiger charge is -2.08. The lowest BCUT2D eigenvalue weighted by Crippen LogP contribution is -2.13. The number of benzene rings is 1. The van der Waals surface area contributed by atoms with Gasteiger partial charge in [-0.25, -0.2) is 0 Å². The Hall–Kier alpha value is -2.15. The van der Waals surface area contributed by atoms with E-state index in [4.69, 9.17) is 5.73 Å². The van der Waals surface area contributed by atoms with Crippen LogP contribution in [0.2, 0.25) is 0 Å². The van der Waals surface area contributed by atoms with E-state index in [9.17, 15) is 9.59 Å². The Morgan fingerprint density at radius 3 is 2.67 bits per heavy atom. The van der Waals surface area contributed by atoms with Crippen LogP contribution >= 0.6 is 11.8 Å². The number of aryl methyl sites for hydroxylation is 3. The van der Waals surface area contributed by atoms with Gasteiger partial charge in [0.25, 0.3) is 0 Å². The molecule has 1 amide bonds. The minimum absolute atomic E-state index is 0.0746. The highest BCUT2D eigenvalue weighted by atomic mass is 32.2. The van der Waals surface area contributed by atoms with Crippen molar-refractivity contribution in [3.8, 4) is 0 Å². The zero-order valence-corrected chi connectivity index (χ0v) is 15.0. The van der Waals surface area contributed by atoms with Gasteiger partial charge in [-0.2, -0.15) is 0 Å². The standard InChI is InChI=1S/C17H22N4O2S/c1-4-21-16(8-7-15(18)23)19-20-17(21)24-10-14(22)13-9-11(2)5-6-12(13)3/h5-6,9H,4,7-8,10H2,1-3H3,(H2,18,23). The Labute approximate surface area is 145 Å². The molecule has 1 heterocycles. The number of hydrogen-bond acceptors (Lipinski definition) is 5. The summed E-state index contributed by atoms with van der Waals surface area (Å²) >= 11 is 1.37. The molecule has 7 heteroatoms. The molecule has 0 radical (unpaired) electrons. The maximum absolute atomic E-state index is 12.5. The van der Waals surface area contributed by atoms with E-state index in [1.165, 1.54) is 11.8 Å². The van der Waals surface area contributed by atoms with Crippen LogP contribution in [0.25, 0.3) is 0 Å². The van der Waals surface area contributed by atoms with E-state index in [2.05, 4.69) is 10.2 Å². The molecule has 0 saturated carbocycles. The molecule has 128 valence electrons. The first-order valence-electron chi connectivity index (χ1n) is 7.86. The van der Waals surface area contributed by atoms with Crippen molar-refractivity contribution in [1.29, 1.82) is 0 Å². The first kappa shape index (κ1) is 18.2. The van der Waals surface area contributed by atoms with Gasteiger partial charge in [0.05, 0.1) is 5.75 Å². The summed E-state index contributed by atoms with van der Waals surface area (Å²) in [5, 5.41) is 8.95. The van der Waals surface area contributed by atoms with Crippen LogP contribution in [-0.4, -0.2) is 32.2 Å². The molecule has 0 unspecified atom stereocenters. The maximum Gasteiger partial charge on any atom is 0.217 e. The van der Waals surface area contributed by atoms with Crippen LogP contribution < -0.4 is 5.73 Å². The Kier molecular flexibility index (Phi) is 6.14. The lowest BCUT2D eigenvalue weighted by atomic mass is 10.0. The number of amides is 1. The molecule has 0 spiro atoms. The van der Waals surface area contributed by atoms with E-state index in [-0.39, 0.29) is 18.1 Å². The summed E-state index contributed by atoms with van der Waals surface area (Å²) < 4.78 is 1.92. The molecule has 0 fully saturated rings. The van der Waals surface area contributed by atoms with E-state index < -0.39 is 0 Å². The van der Waals surface area contributed by atoms with E-state index in [1.54, 1.807) is 0 Å². The predicted octanol–water partition coefficient (Wildman–Crippen LogP) is 2.31. The van der Waals surface area contributed by atoms with Gasteiger partial charge in [0.1, 0.15) is 5.82 Å². The first-order chi connectivity index (χ1) is 11.4. The van der Waals surface area contributed by atoms with Crippen molar-refractivity contribution in [3.63, 3.8) is 0 Å². The third kappa shape index (κ3) is 4.44. The monoisotopic (exact) mass is 346 g/mol. The van der Waals surface area contributed by atoms with Crippen LogP contribution in [0.4, 0.5) is 0 Å². The summed E-state index contributed by atoms with van der Waals surface area (Å²) in [4.78, 5) is 23.4. The van der Waals surface area contributed by atoms with Gasteiger partial charge in [0.2, 0.25) is 5.91 Å². The molecule has 2 rings (SSSR count). The molecule has 24 heavy (non-hydrogen) atoms. The average molecular weight is 346 g/mol. The molecule has 2 aromatic rings. The average Bonchev–Trinajstić information content (AvgIpc) is 2.94. The number of Topliss-reactive ketones (excluding diaryl/α,β-unsaturated/α-hetero) is 1. The van der Waals surface area contributed by atoms with Gasteiger partial charge < -0.3 is 10.3 Å². The quantitative estimate of drug-likeness (QED) is 0.585. The van der Waals surface area contributed by atoms with Gasteiger partial charge in [0.15, 0.2) is 10.9 Å². The van der Waals surface area contributed by atoms with Crippen LogP contribution in [0.3, 0.4) is 0 Å². The minimum atomic E-state index is -0.361. The number of nitrogens with zero attached hydrogens (tertiary/aromatic N) is 3. The largest absolute Gasteiger partial charge is 0.370 e. The molecule has 1 aromatic carbocycles.